The number of anilines is 1. The molecule has 3 nitrogen and oxygen atoms in total. The van der Waals surface area contributed by atoms with Crippen LogP contribution < -0.4 is 4.90 Å². The maximum absolute atomic E-state index is 13.3. The zero-order valence-corrected chi connectivity index (χ0v) is 18.2. The molecular formula is C23H21BrClNO2. The monoisotopic (exact) mass is 457 g/mol. The van der Waals surface area contributed by atoms with Crippen molar-refractivity contribution in [2.45, 2.75) is 39.0 Å². The molecule has 2 aromatic carbocycles. The van der Waals surface area contributed by atoms with Crippen molar-refractivity contribution in [2.75, 3.05) is 4.90 Å². The number of Topliss-reactive ketones (excluding diaryl/α,β-unsaturated/α-hetero) is 1. The maximum Gasteiger partial charge on any atom is 0.232 e. The molecule has 1 aliphatic carbocycles. The van der Waals surface area contributed by atoms with E-state index >= 15 is 0 Å². The van der Waals surface area contributed by atoms with Crippen LogP contribution in [0.1, 0.15) is 44.6 Å². The van der Waals surface area contributed by atoms with Crippen molar-refractivity contribution in [1.82, 2.24) is 0 Å². The second-order valence-corrected chi connectivity index (χ2v) is 9.58. The van der Waals surface area contributed by atoms with Gasteiger partial charge >= 0.3 is 0 Å². The van der Waals surface area contributed by atoms with Gasteiger partial charge in [-0.25, -0.2) is 0 Å². The molecule has 1 unspecified atom stereocenters. The second kappa shape index (κ2) is 7.16. The topological polar surface area (TPSA) is 37.4 Å². The molecule has 1 heterocycles. The average Bonchev–Trinajstić information content (AvgIpc) is 2.61. The van der Waals surface area contributed by atoms with E-state index in [2.05, 4.69) is 29.8 Å². The van der Waals surface area contributed by atoms with Crippen LogP contribution in [0.5, 0.6) is 0 Å². The summed E-state index contributed by atoms with van der Waals surface area (Å²) in [7, 11) is 0. The van der Waals surface area contributed by atoms with Crippen molar-refractivity contribution < 1.29 is 9.59 Å². The third-order valence-corrected chi connectivity index (χ3v) is 6.39. The van der Waals surface area contributed by atoms with Gasteiger partial charge in [0.05, 0.1) is 5.69 Å². The summed E-state index contributed by atoms with van der Waals surface area (Å²) in [4.78, 5) is 28.3. The van der Waals surface area contributed by atoms with Crippen molar-refractivity contribution in [3.8, 4) is 0 Å². The van der Waals surface area contributed by atoms with Crippen LogP contribution in [0.2, 0.25) is 5.02 Å². The Bertz CT molecular complexity index is 1010. The van der Waals surface area contributed by atoms with Crippen LogP contribution in [-0.2, 0) is 9.59 Å². The third-order valence-electron chi connectivity index (χ3n) is 5.49. The van der Waals surface area contributed by atoms with E-state index < -0.39 is 0 Å². The minimum absolute atomic E-state index is 0.00104. The lowest BCUT2D eigenvalue weighted by atomic mass is 9.69. The molecule has 4 rings (SSSR count). The smallest absolute Gasteiger partial charge is 0.232 e. The minimum atomic E-state index is -0.247. The van der Waals surface area contributed by atoms with E-state index in [1.807, 2.05) is 48.5 Å². The largest absolute Gasteiger partial charge is 0.294 e. The van der Waals surface area contributed by atoms with E-state index in [-0.39, 0.29) is 29.4 Å². The lowest BCUT2D eigenvalue weighted by Gasteiger charge is -2.43. The zero-order chi connectivity index (χ0) is 20.1. The molecule has 2 aromatic rings. The highest BCUT2D eigenvalue weighted by molar-refractivity contribution is 9.10. The van der Waals surface area contributed by atoms with Crippen molar-refractivity contribution in [3.63, 3.8) is 0 Å². The number of nitrogens with zero attached hydrogens (tertiary/aromatic N) is 1. The summed E-state index contributed by atoms with van der Waals surface area (Å²) < 4.78 is 0.840. The van der Waals surface area contributed by atoms with Crippen molar-refractivity contribution in [2.24, 2.45) is 5.41 Å². The normalized spacial score (nSPS) is 21.7. The summed E-state index contributed by atoms with van der Waals surface area (Å²) in [5.41, 5.74) is 3.11. The van der Waals surface area contributed by atoms with E-state index in [4.69, 9.17) is 11.6 Å². The van der Waals surface area contributed by atoms with Crippen molar-refractivity contribution in [1.29, 1.82) is 0 Å². The predicted octanol–water partition coefficient (Wildman–Crippen LogP) is 6.27. The highest BCUT2D eigenvalue weighted by Gasteiger charge is 2.44. The van der Waals surface area contributed by atoms with Gasteiger partial charge in [-0.05, 0) is 57.6 Å². The molecule has 0 radical (unpaired) electrons. The molecular weight excluding hydrogens is 438 g/mol. The van der Waals surface area contributed by atoms with Gasteiger partial charge in [0.1, 0.15) is 0 Å². The molecule has 1 atom stereocenters. The first kappa shape index (κ1) is 19.4. The van der Waals surface area contributed by atoms with Crippen molar-refractivity contribution >= 4 is 44.9 Å². The number of para-hydroxylation sites is 1. The first-order valence-electron chi connectivity index (χ1n) is 9.36. The van der Waals surface area contributed by atoms with Gasteiger partial charge in [0.15, 0.2) is 5.78 Å². The summed E-state index contributed by atoms with van der Waals surface area (Å²) in [6.07, 6.45) is 1.42. The lowest BCUT2D eigenvalue weighted by Crippen LogP contribution is -2.43. The Kier molecular flexibility index (Phi) is 4.96. The molecule has 0 fully saturated rings. The predicted molar refractivity (Wildman–Crippen MR) is 115 cm³/mol. The van der Waals surface area contributed by atoms with Gasteiger partial charge < -0.3 is 0 Å². The Hall–Kier alpha value is -1.91. The van der Waals surface area contributed by atoms with Gasteiger partial charge in [0.2, 0.25) is 5.91 Å². The highest BCUT2D eigenvalue weighted by Crippen LogP contribution is 2.49. The van der Waals surface area contributed by atoms with E-state index in [0.717, 1.165) is 27.0 Å². The van der Waals surface area contributed by atoms with Crippen molar-refractivity contribution in [3.05, 3.63) is 74.9 Å². The number of amides is 1. The molecule has 5 heteroatoms. The number of carbonyl (C=O) groups is 2. The third kappa shape index (κ3) is 3.44. The van der Waals surface area contributed by atoms with Crippen LogP contribution in [0.15, 0.2) is 64.3 Å². The molecule has 144 valence electrons. The molecule has 28 heavy (non-hydrogen) atoms. The summed E-state index contributed by atoms with van der Waals surface area (Å²) in [6.45, 7) is 4.17. The minimum Gasteiger partial charge on any atom is -0.294 e. The Morgan fingerprint density at radius 3 is 2.54 bits per heavy atom. The molecule has 0 N–H and O–H groups in total. The number of allylic oxidation sites excluding steroid dienone is 2. The van der Waals surface area contributed by atoms with Gasteiger partial charge in [0.25, 0.3) is 0 Å². The highest BCUT2D eigenvalue weighted by atomic mass is 79.9. The van der Waals surface area contributed by atoms with Crippen LogP contribution >= 0.6 is 27.5 Å². The first-order chi connectivity index (χ1) is 13.3. The fourth-order valence-corrected chi connectivity index (χ4v) is 5.00. The van der Waals surface area contributed by atoms with Crippen LogP contribution in [0.3, 0.4) is 0 Å². The molecule has 0 saturated carbocycles. The summed E-state index contributed by atoms with van der Waals surface area (Å²) in [5, 5.41) is 0.615. The number of carbonyl (C=O) groups excluding carboxylic acids is 2. The van der Waals surface area contributed by atoms with Gasteiger partial charge in [-0.2, -0.15) is 0 Å². The molecule has 1 amide bonds. The molecule has 0 bridgehead atoms. The number of hydrogen-bond donors (Lipinski definition) is 0. The van der Waals surface area contributed by atoms with Crippen LogP contribution in [0.4, 0.5) is 5.69 Å². The maximum atomic E-state index is 13.3. The van der Waals surface area contributed by atoms with Gasteiger partial charge in [-0.3, -0.25) is 14.5 Å². The quantitative estimate of drug-likeness (QED) is 0.532. The number of ketones is 1. The first-order valence-corrected chi connectivity index (χ1v) is 10.5. The molecule has 0 aromatic heterocycles. The van der Waals surface area contributed by atoms with Gasteiger partial charge in [-0.15, -0.1) is 0 Å². The number of halogens is 2. The average molecular weight is 459 g/mol. The summed E-state index contributed by atoms with van der Waals surface area (Å²) in [5.74, 6) is -0.120. The molecule has 0 spiro atoms. The number of benzene rings is 2. The second-order valence-electron chi connectivity index (χ2n) is 8.29. The Balaban J connectivity index is 1.93. The van der Waals surface area contributed by atoms with E-state index in [0.29, 0.717) is 17.9 Å². The fourth-order valence-electron chi connectivity index (χ4n) is 4.34. The Labute approximate surface area is 178 Å². The van der Waals surface area contributed by atoms with Crippen LogP contribution in [0, 0.1) is 5.41 Å². The van der Waals surface area contributed by atoms with E-state index in [1.54, 1.807) is 4.90 Å². The van der Waals surface area contributed by atoms with Crippen LogP contribution in [-0.4, -0.2) is 11.7 Å². The van der Waals surface area contributed by atoms with E-state index in [9.17, 15) is 9.59 Å². The molecule has 1 aliphatic heterocycles. The zero-order valence-electron chi connectivity index (χ0n) is 15.8. The fraction of sp³-hybridized carbons (Fsp3) is 0.304. The SMILES string of the molecule is CC1(C)CC(=O)C2=C(C1)N(c1ccccc1Br)C(=O)CC2c1cccc(Cl)c1. The number of hydrogen-bond acceptors (Lipinski definition) is 2. The number of rotatable bonds is 2. The standard InChI is InChI=1S/C23H21BrClNO2/c1-23(2)12-19-22(20(27)13-23)16(14-6-5-7-15(25)10-14)11-21(28)26(19)18-9-4-3-8-17(18)24/h3-10,16H,11-13H2,1-2H3. The summed E-state index contributed by atoms with van der Waals surface area (Å²) >= 11 is 9.77. The Morgan fingerprint density at radius 1 is 1.07 bits per heavy atom. The lowest BCUT2D eigenvalue weighted by molar-refractivity contribution is -0.121. The van der Waals surface area contributed by atoms with Crippen LogP contribution in [0.25, 0.3) is 0 Å². The molecule has 2 aliphatic rings. The van der Waals surface area contributed by atoms with Gasteiger partial charge in [-0.1, -0.05) is 49.7 Å². The van der Waals surface area contributed by atoms with Gasteiger partial charge in [0, 0.05) is 39.5 Å². The molecule has 0 saturated heterocycles. The Morgan fingerprint density at radius 2 is 1.82 bits per heavy atom. The van der Waals surface area contributed by atoms with E-state index in [1.165, 1.54) is 0 Å². The summed E-state index contributed by atoms with van der Waals surface area (Å²) in [6, 6.07) is 15.2.